The van der Waals surface area contributed by atoms with E-state index in [1.54, 1.807) is 0 Å². The second-order valence-corrected chi connectivity index (χ2v) is 10.2. The van der Waals surface area contributed by atoms with Crippen LogP contribution < -0.4 is 10.6 Å². The molecular formula is C30H56N2O5. The van der Waals surface area contributed by atoms with Crippen LogP contribution in [0, 0.1) is 0 Å². The lowest BCUT2D eigenvalue weighted by Gasteiger charge is -2.18. The number of ether oxygens (including phenoxy) is 2. The number of amides is 2. The summed E-state index contributed by atoms with van der Waals surface area (Å²) in [7, 11) is 0. The third-order valence-electron chi connectivity index (χ3n) is 6.38. The fraction of sp³-hybridized carbons (Fsp3) is 0.833. The van der Waals surface area contributed by atoms with Gasteiger partial charge in [-0.15, -0.1) is 0 Å². The highest BCUT2D eigenvalue weighted by Gasteiger charge is 2.24. The largest absolute Gasteiger partial charge is 0.464 e. The van der Waals surface area contributed by atoms with E-state index in [-0.39, 0.29) is 12.2 Å². The molecule has 0 aromatic heterocycles. The van der Waals surface area contributed by atoms with E-state index in [0.717, 1.165) is 38.5 Å². The van der Waals surface area contributed by atoms with Gasteiger partial charge in [-0.2, -0.15) is 0 Å². The summed E-state index contributed by atoms with van der Waals surface area (Å²) in [5.41, 5.74) is 0.233. The number of carbonyl (C=O) groups excluding carboxylic acids is 3. The molecule has 2 N–H and O–H groups in total. The minimum Gasteiger partial charge on any atom is -0.464 e. The number of rotatable bonds is 25. The van der Waals surface area contributed by atoms with Crippen molar-refractivity contribution in [1.29, 1.82) is 0 Å². The molecule has 0 aromatic rings. The van der Waals surface area contributed by atoms with E-state index in [9.17, 15) is 14.4 Å². The molecule has 216 valence electrons. The van der Waals surface area contributed by atoms with Gasteiger partial charge in [-0.05, 0) is 19.8 Å². The number of urea groups is 1. The molecule has 0 radical (unpaired) electrons. The van der Waals surface area contributed by atoms with Gasteiger partial charge in [0, 0.05) is 12.1 Å². The second kappa shape index (κ2) is 25.6. The molecule has 0 spiro atoms. The van der Waals surface area contributed by atoms with Crippen molar-refractivity contribution in [2.24, 2.45) is 0 Å². The first-order valence-electron chi connectivity index (χ1n) is 15.0. The lowest BCUT2D eigenvalue weighted by atomic mass is 10.1. The third kappa shape index (κ3) is 22.8. The summed E-state index contributed by atoms with van der Waals surface area (Å²) in [6.45, 7) is 10.0. The van der Waals surface area contributed by atoms with Gasteiger partial charge >= 0.3 is 18.0 Å². The molecule has 0 fully saturated rings. The van der Waals surface area contributed by atoms with Crippen LogP contribution >= 0.6 is 0 Å². The van der Waals surface area contributed by atoms with Crippen molar-refractivity contribution >= 4 is 18.0 Å². The first-order chi connectivity index (χ1) is 17.9. The molecule has 0 saturated heterocycles. The average molecular weight is 525 g/mol. The Morgan fingerprint density at radius 3 is 1.62 bits per heavy atom. The summed E-state index contributed by atoms with van der Waals surface area (Å²) in [4.78, 5) is 36.6. The van der Waals surface area contributed by atoms with E-state index in [2.05, 4.69) is 31.1 Å². The normalized spacial score (nSPS) is 11.5. The molecule has 0 saturated carbocycles. The fourth-order valence-electron chi connectivity index (χ4n) is 3.98. The SMILES string of the molecule is C=C(C)C(=O)OC[C@H](NC(=O)NCCCCCCCC)C(=O)OCCCCCCCCCCCCCC. The minimum absolute atomic E-state index is 0.233. The molecule has 0 aliphatic carbocycles. The molecular weight excluding hydrogens is 468 g/mol. The van der Waals surface area contributed by atoms with Crippen molar-refractivity contribution in [1.82, 2.24) is 10.6 Å². The Hall–Kier alpha value is -2.05. The van der Waals surface area contributed by atoms with Crippen LogP contribution in [0.15, 0.2) is 12.2 Å². The Morgan fingerprint density at radius 1 is 0.676 bits per heavy atom. The van der Waals surface area contributed by atoms with Crippen molar-refractivity contribution in [2.75, 3.05) is 19.8 Å². The zero-order valence-electron chi connectivity index (χ0n) is 24.2. The topological polar surface area (TPSA) is 93.7 Å². The van der Waals surface area contributed by atoms with E-state index in [4.69, 9.17) is 9.47 Å². The van der Waals surface area contributed by atoms with Gasteiger partial charge in [0.25, 0.3) is 0 Å². The van der Waals surface area contributed by atoms with Gasteiger partial charge in [0.05, 0.1) is 6.61 Å². The zero-order chi connectivity index (χ0) is 27.6. The molecule has 37 heavy (non-hydrogen) atoms. The Kier molecular flexibility index (Phi) is 24.2. The Morgan fingerprint density at radius 2 is 1.14 bits per heavy atom. The number of hydrogen-bond donors (Lipinski definition) is 2. The van der Waals surface area contributed by atoms with Gasteiger partial charge in [0.1, 0.15) is 6.61 Å². The fourth-order valence-corrected chi connectivity index (χ4v) is 3.98. The van der Waals surface area contributed by atoms with Crippen molar-refractivity contribution in [3.05, 3.63) is 12.2 Å². The predicted octanol–water partition coefficient (Wildman–Crippen LogP) is 7.38. The van der Waals surface area contributed by atoms with Gasteiger partial charge in [-0.25, -0.2) is 14.4 Å². The summed E-state index contributed by atoms with van der Waals surface area (Å²) in [5, 5.41) is 5.36. The van der Waals surface area contributed by atoms with Crippen LogP contribution in [0.1, 0.15) is 136 Å². The van der Waals surface area contributed by atoms with Crippen LogP contribution in [-0.4, -0.2) is 43.8 Å². The summed E-state index contributed by atoms with van der Waals surface area (Å²) in [6, 6.07) is -1.52. The van der Waals surface area contributed by atoms with E-state index in [0.29, 0.717) is 13.2 Å². The smallest absolute Gasteiger partial charge is 0.333 e. The number of unbranched alkanes of at least 4 members (excludes halogenated alkanes) is 16. The van der Waals surface area contributed by atoms with Crippen LogP contribution in [0.2, 0.25) is 0 Å². The van der Waals surface area contributed by atoms with E-state index in [1.165, 1.54) is 84.0 Å². The summed E-state index contributed by atoms with van der Waals surface area (Å²) in [5.74, 6) is -1.19. The maximum Gasteiger partial charge on any atom is 0.333 e. The molecule has 7 nitrogen and oxygen atoms in total. The molecule has 0 heterocycles. The average Bonchev–Trinajstić information content (AvgIpc) is 2.88. The van der Waals surface area contributed by atoms with Gasteiger partial charge in [0.2, 0.25) is 0 Å². The molecule has 2 amide bonds. The zero-order valence-corrected chi connectivity index (χ0v) is 24.2. The Bertz CT molecular complexity index is 609. The van der Waals surface area contributed by atoms with Gasteiger partial charge < -0.3 is 20.1 Å². The molecule has 7 heteroatoms. The standard InChI is InChI=1S/C30H56N2O5/c1-5-7-9-11-13-14-15-16-17-18-20-22-24-36-29(34)27(25-37-28(33)26(3)4)32-30(35)31-23-21-19-12-10-8-6-2/h27H,3,5-25H2,1-2,4H3,(H2,31,32,35)/t27-/m0/s1. The Labute approximate surface area is 226 Å². The van der Waals surface area contributed by atoms with Gasteiger partial charge in [0.15, 0.2) is 6.04 Å². The van der Waals surface area contributed by atoms with Gasteiger partial charge in [-0.3, -0.25) is 0 Å². The van der Waals surface area contributed by atoms with Crippen LogP contribution in [0.25, 0.3) is 0 Å². The molecule has 1 atom stereocenters. The second-order valence-electron chi connectivity index (χ2n) is 10.2. The highest BCUT2D eigenvalue weighted by atomic mass is 16.6. The lowest BCUT2D eigenvalue weighted by Crippen LogP contribution is -2.49. The highest BCUT2D eigenvalue weighted by Crippen LogP contribution is 2.12. The molecule has 0 aliphatic heterocycles. The van der Waals surface area contributed by atoms with E-state index < -0.39 is 24.0 Å². The number of carbonyl (C=O) groups is 3. The molecule has 0 aliphatic rings. The van der Waals surface area contributed by atoms with Gasteiger partial charge in [-0.1, -0.05) is 123 Å². The van der Waals surface area contributed by atoms with Crippen molar-refractivity contribution in [3.63, 3.8) is 0 Å². The maximum atomic E-state index is 12.6. The molecule has 0 bridgehead atoms. The van der Waals surface area contributed by atoms with Crippen LogP contribution in [0.3, 0.4) is 0 Å². The minimum atomic E-state index is -1.05. The quantitative estimate of drug-likeness (QED) is 0.0738. The van der Waals surface area contributed by atoms with Crippen LogP contribution in [0.4, 0.5) is 4.79 Å². The van der Waals surface area contributed by atoms with Crippen molar-refractivity contribution < 1.29 is 23.9 Å². The van der Waals surface area contributed by atoms with Crippen LogP contribution in [0.5, 0.6) is 0 Å². The first-order valence-corrected chi connectivity index (χ1v) is 15.0. The summed E-state index contributed by atoms with van der Waals surface area (Å²) < 4.78 is 10.5. The molecule has 0 rings (SSSR count). The first kappa shape index (κ1) is 35.0. The predicted molar refractivity (Wildman–Crippen MR) is 152 cm³/mol. The monoisotopic (exact) mass is 524 g/mol. The summed E-state index contributed by atoms with van der Waals surface area (Å²) in [6.07, 6.45) is 21.5. The van der Waals surface area contributed by atoms with E-state index >= 15 is 0 Å². The Balaban J connectivity index is 4.14. The molecule has 0 aromatic carbocycles. The number of hydrogen-bond acceptors (Lipinski definition) is 5. The number of esters is 2. The summed E-state index contributed by atoms with van der Waals surface area (Å²) >= 11 is 0. The highest BCUT2D eigenvalue weighted by molar-refractivity contribution is 5.88. The number of nitrogens with one attached hydrogen (secondary N) is 2. The van der Waals surface area contributed by atoms with E-state index in [1.807, 2.05) is 0 Å². The molecule has 0 unspecified atom stereocenters. The maximum absolute atomic E-state index is 12.6. The lowest BCUT2D eigenvalue weighted by molar-refractivity contribution is -0.150. The van der Waals surface area contributed by atoms with Crippen molar-refractivity contribution in [2.45, 2.75) is 142 Å². The van der Waals surface area contributed by atoms with Crippen molar-refractivity contribution in [3.8, 4) is 0 Å². The third-order valence-corrected chi connectivity index (χ3v) is 6.38. The van der Waals surface area contributed by atoms with Crippen LogP contribution in [-0.2, 0) is 19.1 Å².